The third kappa shape index (κ3) is 4.54. The Kier molecular flexibility index (Phi) is 5.29. The molecule has 1 aliphatic heterocycles. The Morgan fingerprint density at radius 3 is 2.81 bits per heavy atom. The summed E-state index contributed by atoms with van der Waals surface area (Å²) in [6.45, 7) is 4.68. The highest BCUT2D eigenvalue weighted by molar-refractivity contribution is 5.72. The van der Waals surface area contributed by atoms with Crippen LogP contribution in [0.3, 0.4) is 0 Å². The predicted molar refractivity (Wildman–Crippen MR) is 77.8 cm³/mol. The van der Waals surface area contributed by atoms with Crippen molar-refractivity contribution in [1.82, 2.24) is 10.2 Å². The van der Waals surface area contributed by atoms with Gasteiger partial charge in [-0.25, -0.2) is 4.39 Å². The van der Waals surface area contributed by atoms with Gasteiger partial charge in [0, 0.05) is 20.0 Å². The van der Waals surface area contributed by atoms with Crippen LogP contribution in [0.1, 0.15) is 30.9 Å². The summed E-state index contributed by atoms with van der Waals surface area (Å²) in [5, 5.41) is 11.9. The van der Waals surface area contributed by atoms with Crippen LogP contribution >= 0.6 is 0 Å². The smallest absolute Gasteiger partial charge is 0.216 e. The normalized spacial score (nSPS) is 16.4. The van der Waals surface area contributed by atoms with Crippen LogP contribution in [0.15, 0.2) is 18.2 Å². The van der Waals surface area contributed by atoms with Gasteiger partial charge in [-0.05, 0) is 55.6 Å². The molecule has 1 heterocycles. The van der Waals surface area contributed by atoms with Crippen molar-refractivity contribution >= 4 is 5.91 Å². The number of carbonyl (C=O) groups excluding carboxylic acids is 1. The number of nitrogens with zero attached hydrogens (tertiary/aromatic N) is 2. The number of nitrogens with one attached hydrogen (secondary N) is 1. The Balaban J connectivity index is 1.88. The van der Waals surface area contributed by atoms with E-state index < -0.39 is 0 Å². The molecule has 2 rings (SSSR count). The van der Waals surface area contributed by atoms with Crippen LogP contribution in [-0.4, -0.2) is 30.4 Å². The zero-order chi connectivity index (χ0) is 15.2. The molecule has 1 aromatic rings. The average molecular weight is 289 g/mol. The van der Waals surface area contributed by atoms with Crippen molar-refractivity contribution in [2.75, 3.05) is 19.6 Å². The molecule has 0 unspecified atom stereocenters. The molecule has 4 nitrogen and oxygen atoms in total. The van der Waals surface area contributed by atoms with Crippen molar-refractivity contribution in [3.8, 4) is 6.07 Å². The van der Waals surface area contributed by atoms with E-state index in [4.69, 9.17) is 5.26 Å². The van der Waals surface area contributed by atoms with Crippen LogP contribution in [0.5, 0.6) is 0 Å². The Morgan fingerprint density at radius 1 is 1.48 bits per heavy atom. The summed E-state index contributed by atoms with van der Waals surface area (Å²) < 4.78 is 13.3. The lowest BCUT2D eigenvalue weighted by atomic mass is 9.96. The lowest BCUT2D eigenvalue weighted by Crippen LogP contribution is -2.37. The number of halogens is 1. The van der Waals surface area contributed by atoms with Crippen LogP contribution in [0, 0.1) is 23.1 Å². The monoisotopic (exact) mass is 289 g/mol. The molecule has 112 valence electrons. The molecule has 0 radical (unpaired) electrons. The van der Waals surface area contributed by atoms with Gasteiger partial charge >= 0.3 is 0 Å². The number of rotatable bonds is 4. The molecular formula is C16H20FN3O. The fourth-order valence-corrected chi connectivity index (χ4v) is 2.68. The number of piperidine rings is 1. The van der Waals surface area contributed by atoms with E-state index in [1.807, 2.05) is 0 Å². The first-order chi connectivity index (χ1) is 10.1. The zero-order valence-corrected chi connectivity index (χ0v) is 12.2. The summed E-state index contributed by atoms with van der Waals surface area (Å²) in [5.74, 6) is 0.216. The molecule has 0 saturated carbocycles. The highest BCUT2D eigenvalue weighted by Crippen LogP contribution is 2.20. The van der Waals surface area contributed by atoms with Crippen LogP contribution in [0.2, 0.25) is 0 Å². The molecule has 1 fully saturated rings. The second-order valence-electron chi connectivity index (χ2n) is 5.57. The van der Waals surface area contributed by atoms with Gasteiger partial charge in [0.05, 0.1) is 11.6 Å². The van der Waals surface area contributed by atoms with E-state index in [9.17, 15) is 9.18 Å². The third-order valence-corrected chi connectivity index (χ3v) is 3.93. The van der Waals surface area contributed by atoms with Gasteiger partial charge in [0.2, 0.25) is 5.91 Å². The summed E-state index contributed by atoms with van der Waals surface area (Å²) in [5.41, 5.74) is 1.29. The van der Waals surface area contributed by atoms with E-state index in [2.05, 4.69) is 16.3 Å². The minimum absolute atomic E-state index is 0.0100. The fourth-order valence-electron chi connectivity index (χ4n) is 2.68. The number of hydrogen-bond acceptors (Lipinski definition) is 3. The van der Waals surface area contributed by atoms with Gasteiger partial charge in [0.1, 0.15) is 5.82 Å². The molecule has 0 spiro atoms. The molecule has 0 aromatic heterocycles. The summed E-state index contributed by atoms with van der Waals surface area (Å²) in [6, 6.07) is 6.42. The number of benzene rings is 1. The number of nitriles is 1. The van der Waals surface area contributed by atoms with E-state index in [1.165, 1.54) is 25.1 Å². The Bertz CT molecular complexity index is 545. The molecule has 1 amide bonds. The summed E-state index contributed by atoms with van der Waals surface area (Å²) >= 11 is 0. The topological polar surface area (TPSA) is 56.1 Å². The van der Waals surface area contributed by atoms with Crippen molar-refractivity contribution in [3.63, 3.8) is 0 Å². The average Bonchev–Trinajstić information content (AvgIpc) is 2.47. The Labute approximate surface area is 124 Å². The first kappa shape index (κ1) is 15.5. The number of amides is 1. The Morgan fingerprint density at radius 2 is 2.19 bits per heavy atom. The second-order valence-corrected chi connectivity index (χ2v) is 5.57. The van der Waals surface area contributed by atoms with Gasteiger partial charge in [0.15, 0.2) is 0 Å². The van der Waals surface area contributed by atoms with Crippen molar-refractivity contribution in [1.29, 1.82) is 5.26 Å². The number of likely N-dealkylation sites (tertiary alicyclic amines) is 1. The minimum atomic E-state index is -0.301. The van der Waals surface area contributed by atoms with Gasteiger partial charge in [-0.3, -0.25) is 9.69 Å². The highest BCUT2D eigenvalue weighted by Gasteiger charge is 2.20. The highest BCUT2D eigenvalue weighted by atomic mass is 19.1. The molecule has 1 aromatic carbocycles. The molecule has 1 saturated heterocycles. The standard InChI is InChI=1S/C16H20FN3O/c1-12(21)19-10-13-4-6-20(7-5-13)11-15-8-16(17)3-2-14(15)9-18/h2-3,8,13H,4-7,10-11H2,1H3,(H,19,21). The lowest BCUT2D eigenvalue weighted by Gasteiger charge is -2.32. The van der Waals surface area contributed by atoms with Crippen LogP contribution in [0.25, 0.3) is 0 Å². The maximum Gasteiger partial charge on any atom is 0.216 e. The van der Waals surface area contributed by atoms with Gasteiger partial charge < -0.3 is 5.32 Å². The molecule has 0 atom stereocenters. The van der Waals surface area contributed by atoms with Crippen LogP contribution in [-0.2, 0) is 11.3 Å². The van der Waals surface area contributed by atoms with Crippen molar-refractivity contribution in [3.05, 3.63) is 35.1 Å². The first-order valence-electron chi connectivity index (χ1n) is 7.24. The van der Waals surface area contributed by atoms with E-state index in [0.717, 1.165) is 38.0 Å². The van der Waals surface area contributed by atoms with Gasteiger partial charge in [-0.2, -0.15) is 5.26 Å². The summed E-state index contributed by atoms with van der Waals surface area (Å²) in [6.07, 6.45) is 2.02. The molecule has 1 aliphatic rings. The molecular weight excluding hydrogens is 269 g/mol. The van der Waals surface area contributed by atoms with E-state index in [0.29, 0.717) is 18.0 Å². The summed E-state index contributed by atoms with van der Waals surface area (Å²) in [7, 11) is 0. The Hall–Kier alpha value is -1.93. The minimum Gasteiger partial charge on any atom is -0.356 e. The van der Waals surface area contributed by atoms with Crippen molar-refractivity contribution in [2.24, 2.45) is 5.92 Å². The third-order valence-electron chi connectivity index (χ3n) is 3.93. The molecule has 1 N–H and O–H groups in total. The second kappa shape index (κ2) is 7.19. The molecule has 0 aliphatic carbocycles. The van der Waals surface area contributed by atoms with Crippen molar-refractivity contribution in [2.45, 2.75) is 26.3 Å². The van der Waals surface area contributed by atoms with Gasteiger partial charge in [-0.1, -0.05) is 0 Å². The number of carbonyl (C=O) groups is 1. The largest absolute Gasteiger partial charge is 0.356 e. The zero-order valence-electron chi connectivity index (χ0n) is 12.2. The maximum absolute atomic E-state index is 13.3. The molecule has 5 heteroatoms. The quantitative estimate of drug-likeness (QED) is 0.923. The first-order valence-corrected chi connectivity index (χ1v) is 7.24. The molecule has 21 heavy (non-hydrogen) atoms. The lowest BCUT2D eigenvalue weighted by molar-refractivity contribution is -0.119. The maximum atomic E-state index is 13.3. The van der Waals surface area contributed by atoms with Crippen LogP contribution in [0.4, 0.5) is 4.39 Å². The molecule has 0 bridgehead atoms. The van der Waals surface area contributed by atoms with Crippen LogP contribution < -0.4 is 5.32 Å². The predicted octanol–water partition coefficient (Wildman–Crippen LogP) is 2.05. The fraction of sp³-hybridized carbons (Fsp3) is 0.500. The van der Waals surface area contributed by atoms with Gasteiger partial charge in [0.25, 0.3) is 0 Å². The summed E-state index contributed by atoms with van der Waals surface area (Å²) in [4.78, 5) is 13.1. The van der Waals surface area contributed by atoms with E-state index in [1.54, 1.807) is 0 Å². The SMILES string of the molecule is CC(=O)NCC1CCN(Cc2cc(F)ccc2C#N)CC1. The van der Waals surface area contributed by atoms with Crippen molar-refractivity contribution < 1.29 is 9.18 Å². The van der Waals surface area contributed by atoms with Gasteiger partial charge in [-0.15, -0.1) is 0 Å². The van der Waals surface area contributed by atoms with E-state index in [-0.39, 0.29) is 11.7 Å². The number of hydrogen-bond donors (Lipinski definition) is 1. The van der Waals surface area contributed by atoms with E-state index >= 15 is 0 Å².